The number of aliphatic hydroxyl groups excluding tert-OH is 1. The molecule has 101 heavy (non-hydrogen) atoms. The number of carbonyl (C=O) groups excluding carboxylic acids is 4. The lowest BCUT2D eigenvalue weighted by atomic mass is 10.0. The first-order chi connectivity index (χ1) is 48.7. The fraction of sp³-hybridized carbons (Fsp3) is 0.951. The van der Waals surface area contributed by atoms with Gasteiger partial charge in [-0.3, -0.25) is 37.3 Å². The molecule has 5 atom stereocenters. The second-order valence-corrected chi connectivity index (χ2v) is 33.8. The maximum absolute atomic E-state index is 13.1. The van der Waals surface area contributed by atoms with Gasteiger partial charge >= 0.3 is 39.5 Å². The summed E-state index contributed by atoms with van der Waals surface area (Å²) in [6.45, 7) is 12.0. The van der Waals surface area contributed by atoms with E-state index in [9.17, 15) is 43.2 Å². The molecule has 0 aromatic carbocycles. The van der Waals surface area contributed by atoms with Crippen molar-refractivity contribution in [3.63, 3.8) is 0 Å². The Morgan fingerprint density at radius 1 is 0.267 bits per heavy atom. The van der Waals surface area contributed by atoms with Crippen molar-refractivity contribution in [2.45, 2.75) is 446 Å². The third-order valence-corrected chi connectivity index (χ3v) is 21.0. The Hall–Kier alpha value is -1.94. The molecule has 0 fully saturated rings. The molecular formula is C82H160O17P2. The summed E-state index contributed by atoms with van der Waals surface area (Å²) in [5.74, 6) is 0.227. The zero-order chi connectivity index (χ0) is 74.4. The Kier molecular flexibility index (Phi) is 70.9. The lowest BCUT2D eigenvalue weighted by Gasteiger charge is -2.21. The van der Waals surface area contributed by atoms with Crippen LogP contribution < -0.4 is 0 Å². The van der Waals surface area contributed by atoms with E-state index in [4.69, 9.17) is 37.0 Å². The van der Waals surface area contributed by atoms with Crippen LogP contribution in [0.1, 0.15) is 427 Å². The summed E-state index contributed by atoms with van der Waals surface area (Å²) < 4.78 is 68.8. The molecule has 2 unspecified atom stereocenters. The smallest absolute Gasteiger partial charge is 0.462 e. The van der Waals surface area contributed by atoms with E-state index in [1.54, 1.807) is 0 Å². The molecule has 0 heterocycles. The van der Waals surface area contributed by atoms with Gasteiger partial charge in [-0.1, -0.05) is 376 Å². The van der Waals surface area contributed by atoms with E-state index in [1.807, 2.05) is 0 Å². The zero-order valence-corrected chi connectivity index (χ0v) is 68.2. The number of phosphoric acid groups is 2. The lowest BCUT2D eigenvalue weighted by Crippen LogP contribution is -2.30. The minimum Gasteiger partial charge on any atom is -0.462 e. The summed E-state index contributed by atoms with van der Waals surface area (Å²) in [5, 5.41) is 10.7. The van der Waals surface area contributed by atoms with Gasteiger partial charge in [-0.15, -0.1) is 0 Å². The number of ether oxygens (including phenoxy) is 4. The van der Waals surface area contributed by atoms with Crippen LogP contribution in [-0.4, -0.2) is 96.7 Å². The Morgan fingerprint density at radius 3 is 0.673 bits per heavy atom. The highest BCUT2D eigenvalue weighted by Crippen LogP contribution is 2.45. The first-order valence-corrected chi connectivity index (χ1v) is 45.3. The molecule has 0 aromatic heterocycles. The second kappa shape index (κ2) is 72.3. The minimum atomic E-state index is -4.96. The molecule has 19 heteroatoms. The van der Waals surface area contributed by atoms with E-state index in [1.165, 1.54) is 238 Å². The summed E-state index contributed by atoms with van der Waals surface area (Å²) >= 11 is 0. The van der Waals surface area contributed by atoms with Crippen molar-refractivity contribution in [2.75, 3.05) is 39.6 Å². The predicted molar refractivity (Wildman–Crippen MR) is 414 cm³/mol. The van der Waals surface area contributed by atoms with Gasteiger partial charge in [-0.05, 0) is 43.4 Å². The molecule has 0 saturated heterocycles. The van der Waals surface area contributed by atoms with Crippen LogP contribution in [0.15, 0.2) is 0 Å². The highest BCUT2D eigenvalue weighted by Gasteiger charge is 2.30. The molecule has 3 N–H and O–H groups in total. The van der Waals surface area contributed by atoms with E-state index < -0.39 is 97.5 Å². The van der Waals surface area contributed by atoms with Gasteiger partial charge < -0.3 is 33.8 Å². The maximum Gasteiger partial charge on any atom is 0.472 e. The van der Waals surface area contributed by atoms with Crippen molar-refractivity contribution in [2.24, 2.45) is 17.8 Å². The van der Waals surface area contributed by atoms with Crippen LogP contribution in [-0.2, 0) is 65.4 Å². The minimum absolute atomic E-state index is 0.108. The third kappa shape index (κ3) is 76.1. The first-order valence-electron chi connectivity index (χ1n) is 42.3. The monoisotopic (exact) mass is 1480 g/mol. The summed E-state index contributed by atoms with van der Waals surface area (Å²) in [5.41, 5.74) is 0. The fourth-order valence-electron chi connectivity index (χ4n) is 12.7. The number of unbranched alkanes of at least 4 members (excludes halogenated alkanes) is 48. The number of carbonyl (C=O) groups is 4. The van der Waals surface area contributed by atoms with Gasteiger partial charge in [0.05, 0.1) is 26.4 Å². The van der Waals surface area contributed by atoms with Crippen LogP contribution in [0.25, 0.3) is 0 Å². The highest BCUT2D eigenvalue weighted by atomic mass is 31.2. The molecule has 0 spiro atoms. The Morgan fingerprint density at radius 2 is 0.455 bits per heavy atom. The molecule has 600 valence electrons. The zero-order valence-electron chi connectivity index (χ0n) is 66.4. The molecule has 0 bridgehead atoms. The fourth-order valence-corrected chi connectivity index (χ4v) is 14.2. The number of hydrogen-bond donors (Lipinski definition) is 3. The molecule has 0 rings (SSSR count). The molecule has 0 saturated carbocycles. The molecule has 0 aliphatic carbocycles. The Labute approximate surface area is 619 Å². The third-order valence-electron chi connectivity index (χ3n) is 19.1. The van der Waals surface area contributed by atoms with Gasteiger partial charge in [0.25, 0.3) is 0 Å². The van der Waals surface area contributed by atoms with E-state index in [2.05, 4.69) is 48.5 Å². The number of esters is 4. The van der Waals surface area contributed by atoms with Crippen molar-refractivity contribution in [3.05, 3.63) is 0 Å². The van der Waals surface area contributed by atoms with Crippen molar-refractivity contribution in [1.29, 1.82) is 0 Å². The van der Waals surface area contributed by atoms with Gasteiger partial charge in [0.15, 0.2) is 12.2 Å². The second-order valence-electron chi connectivity index (χ2n) is 30.9. The Balaban J connectivity index is 5.26. The average molecular weight is 1480 g/mol. The van der Waals surface area contributed by atoms with Crippen molar-refractivity contribution in [1.82, 2.24) is 0 Å². The van der Waals surface area contributed by atoms with E-state index in [0.29, 0.717) is 25.7 Å². The first kappa shape index (κ1) is 99.1. The van der Waals surface area contributed by atoms with E-state index in [-0.39, 0.29) is 25.7 Å². The lowest BCUT2D eigenvalue weighted by molar-refractivity contribution is -0.161. The maximum atomic E-state index is 13.1. The molecule has 0 amide bonds. The molecule has 0 aromatic rings. The molecular weight excluding hydrogens is 1320 g/mol. The number of phosphoric ester groups is 2. The van der Waals surface area contributed by atoms with Gasteiger partial charge in [0, 0.05) is 25.7 Å². The summed E-state index contributed by atoms with van der Waals surface area (Å²) in [6, 6.07) is 0. The summed E-state index contributed by atoms with van der Waals surface area (Å²) in [4.78, 5) is 73.1. The van der Waals surface area contributed by atoms with Gasteiger partial charge in [-0.25, -0.2) is 9.13 Å². The Bertz CT molecular complexity index is 1960. The molecule has 17 nitrogen and oxygen atoms in total. The van der Waals surface area contributed by atoms with Crippen LogP contribution >= 0.6 is 15.6 Å². The average Bonchev–Trinajstić information content (AvgIpc) is 0.951. The summed E-state index contributed by atoms with van der Waals surface area (Å²) in [6.07, 6.45) is 61.0. The van der Waals surface area contributed by atoms with Crippen molar-refractivity contribution < 1.29 is 80.2 Å². The van der Waals surface area contributed by atoms with Crippen LogP contribution in [0.5, 0.6) is 0 Å². The topological polar surface area (TPSA) is 237 Å². The number of hydrogen-bond acceptors (Lipinski definition) is 15. The van der Waals surface area contributed by atoms with Gasteiger partial charge in [0.2, 0.25) is 0 Å². The number of rotatable bonds is 80. The van der Waals surface area contributed by atoms with Crippen LogP contribution in [0, 0.1) is 17.8 Å². The number of aliphatic hydroxyl groups is 1. The van der Waals surface area contributed by atoms with Crippen LogP contribution in [0.4, 0.5) is 0 Å². The predicted octanol–water partition coefficient (Wildman–Crippen LogP) is 24.5. The van der Waals surface area contributed by atoms with Gasteiger partial charge in [0.1, 0.15) is 19.3 Å². The van der Waals surface area contributed by atoms with Crippen molar-refractivity contribution in [3.8, 4) is 0 Å². The normalized spacial score (nSPS) is 14.0. The SMILES string of the molecule is CCCCCCCCCCCCCCCCCC(=O)O[C@H](COC(=O)CCCCCCCCCCCC(C)C)COP(=O)(O)OC[C@H](O)COP(=O)(O)OC[C@@H](COC(=O)CCCCCCCCCCCCCCC(C)C)OC(=O)CCCCCCCCCCCCCCCCCCC(C)C. The van der Waals surface area contributed by atoms with E-state index in [0.717, 1.165) is 108 Å². The largest absolute Gasteiger partial charge is 0.472 e. The molecule has 0 aliphatic heterocycles. The van der Waals surface area contributed by atoms with Crippen LogP contribution in [0.2, 0.25) is 0 Å². The quantitative estimate of drug-likeness (QED) is 0.0222. The van der Waals surface area contributed by atoms with E-state index >= 15 is 0 Å². The summed E-state index contributed by atoms with van der Waals surface area (Å²) in [7, 11) is -9.92. The molecule has 0 aliphatic rings. The molecule has 0 radical (unpaired) electrons. The van der Waals surface area contributed by atoms with Crippen molar-refractivity contribution >= 4 is 39.5 Å². The standard InChI is InChI=1S/C82H160O17P2/c1-8-9-10-11-12-13-14-15-18-22-29-36-44-51-58-65-81(86)99-78(70-93-80(85)64-57-50-43-38-31-34-41-48-55-62-75(6)7)72-97-101(90,91)95-68-76(83)67-94-100(88,89)96-71-77(69-92-79(84)63-56-49-42-35-28-25-24-27-33-40-47-54-61-74(4)5)98-82(87)66-59-52-45-37-30-23-20-17-16-19-21-26-32-39-46-53-60-73(2)3/h73-78,83H,8-72H2,1-7H3,(H,88,89)(H,90,91)/t76-,77-,78-/m1/s1. The van der Waals surface area contributed by atoms with Gasteiger partial charge in [-0.2, -0.15) is 0 Å². The highest BCUT2D eigenvalue weighted by molar-refractivity contribution is 7.47. The van der Waals surface area contributed by atoms with Crippen LogP contribution in [0.3, 0.4) is 0 Å².